The molecule has 1 atom stereocenters. The van der Waals surface area contributed by atoms with Crippen molar-refractivity contribution < 1.29 is 4.79 Å². The quantitative estimate of drug-likeness (QED) is 0.807. The standard InChI is InChI=1S/C16H32N4O/c1-15(16(21)20-9-5-3-4-6-10-20)18(2)13-14-19-11-7-17-8-12-19/h15,17H,3-14H2,1-2H3. The number of hydrogen-bond donors (Lipinski definition) is 1. The van der Waals surface area contributed by atoms with Gasteiger partial charge in [0.05, 0.1) is 6.04 Å². The van der Waals surface area contributed by atoms with Gasteiger partial charge in [-0.3, -0.25) is 14.6 Å². The third-order valence-corrected chi connectivity index (χ3v) is 4.91. The second kappa shape index (κ2) is 8.71. The Bertz CT molecular complexity index is 309. The lowest BCUT2D eigenvalue weighted by Gasteiger charge is -2.32. The molecule has 21 heavy (non-hydrogen) atoms. The summed E-state index contributed by atoms with van der Waals surface area (Å²) >= 11 is 0. The van der Waals surface area contributed by atoms with E-state index in [1.807, 2.05) is 0 Å². The van der Waals surface area contributed by atoms with Gasteiger partial charge >= 0.3 is 0 Å². The highest BCUT2D eigenvalue weighted by Crippen LogP contribution is 2.12. The molecule has 0 bridgehead atoms. The summed E-state index contributed by atoms with van der Waals surface area (Å²) in [5.74, 6) is 0.319. The molecule has 5 heteroatoms. The van der Waals surface area contributed by atoms with Crippen LogP contribution in [0.5, 0.6) is 0 Å². The van der Waals surface area contributed by atoms with E-state index in [0.29, 0.717) is 5.91 Å². The van der Waals surface area contributed by atoms with Gasteiger partial charge in [0.15, 0.2) is 0 Å². The number of rotatable bonds is 5. The van der Waals surface area contributed by atoms with Crippen molar-refractivity contribution in [2.45, 2.75) is 38.6 Å². The number of carbonyl (C=O) groups excluding carboxylic acids is 1. The maximum Gasteiger partial charge on any atom is 0.239 e. The lowest BCUT2D eigenvalue weighted by Crippen LogP contribution is -2.50. The summed E-state index contributed by atoms with van der Waals surface area (Å²) in [5, 5.41) is 3.38. The van der Waals surface area contributed by atoms with E-state index in [2.05, 4.69) is 34.0 Å². The molecule has 5 nitrogen and oxygen atoms in total. The Morgan fingerprint density at radius 3 is 2.33 bits per heavy atom. The predicted octanol–water partition coefficient (Wildman–Crippen LogP) is 0.615. The van der Waals surface area contributed by atoms with Crippen LogP contribution in [0.15, 0.2) is 0 Å². The number of likely N-dealkylation sites (N-methyl/N-ethyl adjacent to an activating group) is 1. The van der Waals surface area contributed by atoms with Gasteiger partial charge in [-0.1, -0.05) is 12.8 Å². The minimum absolute atomic E-state index is 0.00557. The second-order valence-electron chi connectivity index (χ2n) is 6.49. The number of piperazine rings is 1. The Hall–Kier alpha value is -0.650. The first-order valence-electron chi connectivity index (χ1n) is 8.60. The highest BCUT2D eigenvalue weighted by Gasteiger charge is 2.24. The van der Waals surface area contributed by atoms with Crippen molar-refractivity contribution in [2.75, 3.05) is 59.4 Å². The second-order valence-corrected chi connectivity index (χ2v) is 6.49. The van der Waals surface area contributed by atoms with Crippen LogP contribution in [-0.2, 0) is 4.79 Å². The van der Waals surface area contributed by atoms with Gasteiger partial charge in [0, 0.05) is 52.4 Å². The Morgan fingerprint density at radius 1 is 1.10 bits per heavy atom. The fourth-order valence-corrected chi connectivity index (χ4v) is 3.17. The molecule has 2 saturated heterocycles. The number of nitrogens with one attached hydrogen (secondary N) is 1. The van der Waals surface area contributed by atoms with Crippen LogP contribution >= 0.6 is 0 Å². The van der Waals surface area contributed by atoms with Gasteiger partial charge in [-0.25, -0.2) is 0 Å². The molecule has 0 aliphatic carbocycles. The van der Waals surface area contributed by atoms with Gasteiger partial charge in [-0.05, 0) is 26.8 Å². The number of likely N-dealkylation sites (tertiary alicyclic amines) is 1. The van der Waals surface area contributed by atoms with E-state index in [0.717, 1.165) is 52.4 Å². The lowest BCUT2D eigenvalue weighted by molar-refractivity contribution is -0.136. The third-order valence-electron chi connectivity index (χ3n) is 4.91. The smallest absolute Gasteiger partial charge is 0.239 e. The Morgan fingerprint density at radius 2 is 1.71 bits per heavy atom. The molecule has 0 aromatic carbocycles. The van der Waals surface area contributed by atoms with Crippen molar-refractivity contribution in [3.8, 4) is 0 Å². The normalized spacial score (nSPS) is 23.1. The molecule has 2 rings (SSSR count). The van der Waals surface area contributed by atoms with Crippen molar-refractivity contribution in [1.82, 2.24) is 20.0 Å². The summed E-state index contributed by atoms with van der Waals surface area (Å²) in [6.45, 7) is 10.4. The molecule has 1 N–H and O–H groups in total. The zero-order chi connectivity index (χ0) is 15.1. The van der Waals surface area contributed by atoms with Crippen LogP contribution in [-0.4, -0.2) is 86.1 Å². The molecular weight excluding hydrogens is 264 g/mol. The summed E-state index contributed by atoms with van der Waals surface area (Å²) in [6.07, 6.45) is 4.89. The van der Waals surface area contributed by atoms with Gasteiger partial charge in [0.2, 0.25) is 5.91 Å². The minimum Gasteiger partial charge on any atom is -0.341 e. The van der Waals surface area contributed by atoms with Crippen LogP contribution in [0.25, 0.3) is 0 Å². The van der Waals surface area contributed by atoms with E-state index in [1.165, 1.54) is 25.7 Å². The average Bonchev–Trinajstić information content (AvgIpc) is 2.81. The van der Waals surface area contributed by atoms with Gasteiger partial charge < -0.3 is 10.2 Å². The first-order chi connectivity index (χ1) is 10.2. The Labute approximate surface area is 129 Å². The topological polar surface area (TPSA) is 38.8 Å². The van der Waals surface area contributed by atoms with Gasteiger partial charge in [-0.15, -0.1) is 0 Å². The highest BCUT2D eigenvalue weighted by molar-refractivity contribution is 5.81. The van der Waals surface area contributed by atoms with E-state index >= 15 is 0 Å². The molecular formula is C16H32N4O. The molecule has 122 valence electrons. The SMILES string of the molecule is CC(C(=O)N1CCCCCC1)N(C)CCN1CCNCC1. The largest absolute Gasteiger partial charge is 0.341 e. The van der Waals surface area contributed by atoms with Crippen molar-refractivity contribution >= 4 is 5.91 Å². The lowest BCUT2D eigenvalue weighted by atomic mass is 10.2. The number of carbonyl (C=O) groups is 1. The number of hydrogen-bond acceptors (Lipinski definition) is 4. The summed E-state index contributed by atoms with van der Waals surface area (Å²) < 4.78 is 0. The van der Waals surface area contributed by atoms with Crippen LogP contribution in [0.1, 0.15) is 32.6 Å². The summed E-state index contributed by atoms with van der Waals surface area (Å²) in [5.41, 5.74) is 0. The van der Waals surface area contributed by atoms with Crippen LogP contribution < -0.4 is 5.32 Å². The number of nitrogens with zero attached hydrogens (tertiary/aromatic N) is 3. The highest BCUT2D eigenvalue weighted by atomic mass is 16.2. The fraction of sp³-hybridized carbons (Fsp3) is 0.938. The monoisotopic (exact) mass is 296 g/mol. The molecule has 0 aromatic rings. The Kier molecular flexibility index (Phi) is 6.93. The fourth-order valence-electron chi connectivity index (χ4n) is 3.17. The van der Waals surface area contributed by atoms with E-state index in [4.69, 9.17) is 0 Å². The van der Waals surface area contributed by atoms with Crippen molar-refractivity contribution in [2.24, 2.45) is 0 Å². The maximum atomic E-state index is 12.6. The van der Waals surface area contributed by atoms with Crippen LogP contribution in [0.4, 0.5) is 0 Å². The maximum absolute atomic E-state index is 12.6. The molecule has 1 amide bonds. The van der Waals surface area contributed by atoms with Gasteiger partial charge in [0.1, 0.15) is 0 Å². The number of amides is 1. The van der Waals surface area contributed by atoms with Crippen LogP contribution in [0.2, 0.25) is 0 Å². The molecule has 1 unspecified atom stereocenters. The minimum atomic E-state index is 0.00557. The molecule has 2 fully saturated rings. The zero-order valence-corrected chi connectivity index (χ0v) is 13.8. The molecule has 2 aliphatic rings. The molecule has 2 aliphatic heterocycles. The third kappa shape index (κ3) is 5.24. The molecule has 0 radical (unpaired) electrons. The molecule has 0 saturated carbocycles. The summed E-state index contributed by atoms with van der Waals surface area (Å²) in [7, 11) is 2.09. The van der Waals surface area contributed by atoms with Crippen molar-refractivity contribution in [3.05, 3.63) is 0 Å². The first kappa shape index (κ1) is 16.7. The van der Waals surface area contributed by atoms with Crippen molar-refractivity contribution in [1.29, 1.82) is 0 Å². The summed E-state index contributed by atoms with van der Waals surface area (Å²) in [4.78, 5) is 19.4. The summed E-state index contributed by atoms with van der Waals surface area (Å²) in [6, 6.07) is 0.00557. The van der Waals surface area contributed by atoms with E-state index in [1.54, 1.807) is 0 Å². The average molecular weight is 296 g/mol. The van der Waals surface area contributed by atoms with Gasteiger partial charge in [0.25, 0.3) is 0 Å². The van der Waals surface area contributed by atoms with Crippen molar-refractivity contribution in [3.63, 3.8) is 0 Å². The predicted molar refractivity (Wildman–Crippen MR) is 86.4 cm³/mol. The van der Waals surface area contributed by atoms with Gasteiger partial charge in [-0.2, -0.15) is 0 Å². The van der Waals surface area contributed by atoms with E-state index in [9.17, 15) is 4.79 Å². The van der Waals surface area contributed by atoms with Crippen LogP contribution in [0, 0.1) is 0 Å². The van der Waals surface area contributed by atoms with Crippen LogP contribution in [0.3, 0.4) is 0 Å². The molecule has 0 aromatic heterocycles. The zero-order valence-electron chi connectivity index (χ0n) is 13.8. The molecule has 0 spiro atoms. The molecule has 2 heterocycles. The first-order valence-corrected chi connectivity index (χ1v) is 8.60. The Balaban J connectivity index is 1.74. The van der Waals surface area contributed by atoms with E-state index in [-0.39, 0.29) is 6.04 Å². The van der Waals surface area contributed by atoms with E-state index < -0.39 is 0 Å².